The number of carboxylic acids is 1. The number of hydrogen-bond acceptors (Lipinski definition) is 5. The molecule has 1 amide bonds. The van der Waals surface area contributed by atoms with Gasteiger partial charge in [0.05, 0.1) is 11.5 Å². The minimum atomic E-state index is -1.34. The lowest BCUT2D eigenvalue weighted by molar-refractivity contribution is -0.124. The zero-order chi connectivity index (χ0) is 16.3. The fraction of sp³-hybridized carbons (Fsp3) is 0.357. The molecule has 116 valence electrons. The number of hydrogen-bond donors (Lipinski definition) is 3. The number of carbonyl (C=O) groups excluding carboxylic acids is 2. The minimum absolute atomic E-state index is 0.0297. The van der Waals surface area contributed by atoms with Crippen molar-refractivity contribution in [2.45, 2.75) is 32.1 Å². The Hall–Kier alpha value is -2.35. The van der Waals surface area contributed by atoms with E-state index in [1.807, 2.05) is 0 Å². The maximum atomic E-state index is 11.7. The molecule has 2 rings (SSSR count). The van der Waals surface area contributed by atoms with Crippen LogP contribution in [0.4, 0.5) is 0 Å². The molecule has 1 aromatic rings. The van der Waals surface area contributed by atoms with E-state index in [1.54, 1.807) is 12.1 Å². The van der Waals surface area contributed by atoms with Gasteiger partial charge in [0.25, 0.3) is 0 Å². The Balaban J connectivity index is 2.09. The maximum absolute atomic E-state index is 11.7. The van der Waals surface area contributed by atoms with Crippen molar-refractivity contribution >= 4 is 24.8 Å². The van der Waals surface area contributed by atoms with Crippen LogP contribution in [0.1, 0.15) is 35.7 Å². The van der Waals surface area contributed by atoms with Crippen molar-refractivity contribution in [1.29, 1.82) is 0 Å². The number of benzene rings is 1. The van der Waals surface area contributed by atoms with Crippen LogP contribution in [0.15, 0.2) is 18.2 Å². The number of ketones is 1. The maximum Gasteiger partial charge on any atom is 0.547 e. The van der Waals surface area contributed by atoms with Crippen LogP contribution in [-0.4, -0.2) is 40.8 Å². The van der Waals surface area contributed by atoms with E-state index in [9.17, 15) is 19.4 Å². The van der Waals surface area contributed by atoms with Gasteiger partial charge in [-0.25, -0.2) is 4.79 Å². The van der Waals surface area contributed by atoms with E-state index in [2.05, 4.69) is 5.32 Å². The second kappa shape index (κ2) is 6.61. The van der Waals surface area contributed by atoms with Crippen molar-refractivity contribution in [2.75, 3.05) is 0 Å². The fourth-order valence-electron chi connectivity index (χ4n) is 2.28. The van der Waals surface area contributed by atoms with Crippen molar-refractivity contribution in [3.8, 4) is 5.75 Å². The highest BCUT2D eigenvalue weighted by atomic mass is 16.5. The number of rotatable bonds is 5. The van der Waals surface area contributed by atoms with Gasteiger partial charge in [-0.05, 0) is 25.0 Å². The molecule has 1 heterocycles. The summed E-state index contributed by atoms with van der Waals surface area (Å²) in [6.07, 6.45) is 0.430. The summed E-state index contributed by atoms with van der Waals surface area (Å²) in [6, 6.07) is 4.65. The van der Waals surface area contributed by atoms with Crippen molar-refractivity contribution in [1.82, 2.24) is 5.32 Å². The molecule has 0 spiro atoms. The Morgan fingerprint density at radius 3 is 2.73 bits per heavy atom. The molecule has 0 radical (unpaired) electrons. The molecule has 0 fully saturated rings. The molecule has 0 aliphatic carbocycles. The van der Waals surface area contributed by atoms with Crippen LogP contribution < -0.4 is 9.97 Å². The molecule has 7 nitrogen and oxygen atoms in total. The zero-order valence-electron chi connectivity index (χ0n) is 12.0. The third kappa shape index (κ3) is 3.64. The molecule has 1 atom stereocenters. The van der Waals surface area contributed by atoms with Crippen LogP contribution in [0.25, 0.3) is 0 Å². The molecule has 0 saturated carbocycles. The Morgan fingerprint density at radius 2 is 2.09 bits per heavy atom. The first kappa shape index (κ1) is 16.0. The number of carboxylic acid groups (broad SMARTS) is 1. The number of Topliss-reactive ketones (excluding diaryl/α,β-unsaturated/α-hetero) is 1. The van der Waals surface area contributed by atoms with E-state index in [0.717, 1.165) is 0 Å². The standard InChI is InChI=1S/C14H16BNO6/c1-8(17)5-6-12(18)16-11-7-9-3-2-4-10(14(19)20)13(9)22-15(11)21/h2-4,11,21H,5-7H2,1H3,(H,16,18)(H,19,20)/t11-/m0/s1. The van der Waals surface area contributed by atoms with Gasteiger partial charge in [0.1, 0.15) is 11.5 Å². The Kier molecular flexibility index (Phi) is 4.82. The van der Waals surface area contributed by atoms with E-state index < -0.39 is 19.0 Å². The number of carbonyl (C=O) groups is 3. The fourth-order valence-corrected chi connectivity index (χ4v) is 2.28. The minimum Gasteiger partial charge on any atom is -0.534 e. The van der Waals surface area contributed by atoms with Gasteiger partial charge in [-0.3, -0.25) is 4.79 Å². The van der Waals surface area contributed by atoms with Gasteiger partial charge >= 0.3 is 13.1 Å². The average Bonchev–Trinajstić information content (AvgIpc) is 2.45. The number of fused-ring (bicyclic) bond motifs is 1. The lowest BCUT2D eigenvalue weighted by atomic mass is 9.72. The third-order valence-electron chi connectivity index (χ3n) is 3.40. The first-order chi connectivity index (χ1) is 10.4. The molecule has 8 heteroatoms. The summed E-state index contributed by atoms with van der Waals surface area (Å²) in [7, 11) is -1.34. The van der Waals surface area contributed by atoms with Crippen molar-refractivity contribution in [2.24, 2.45) is 0 Å². The first-order valence-electron chi connectivity index (χ1n) is 6.87. The summed E-state index contributed by atoms with van der Waals surface area (Å²) >= 11 is 0. The zero-order valence-corrected chi connectivity index (χ0v) is 12.0. The van der Waals surface area contributed by atoms with Gasteiger partial charge in [0, 0.05) is 12.8 Å². The molecule has 0 aromatic heterocycles. The van der Waals surface area contributed by atoms with Crippen LogP contribution in [0.2, 0.25) is 0 Å². The predicted molar refractivity (Wildman–Crippen MR) is 77.6 cm³/mol. The molecule has 3 N–H and O–H groups in total. The highest BCUT2D eigenvalue weighted by Crippen LogP contribution is 2.30. The Bertz CT molecular complexity index is 617. The lowest BCUT2D eigenvalue weighted by Gasteiger charge is -2.28. The number of nitrogens with one attached hydrogen (secondary N) is 1. The topological polar surface area (TPSA) is 113 Å². The molecule has 1 aromatic carbocycles. The van der Waals surface area contributed by atoms with Gasteiger partial charge in [0.15, 0.2) is 0 Å². The van der Waals surface area contributed by atoms with Crippen LogP contribution in [0.3, 0.4) is 0 Å². The molecule has 1 aliphatic rings. The van der Waals surface area contributed by atoms with E-state index >= 15 is 0 Å². The van der Waals surface area contributed by atoms with Crippen LogP contribution >= 0.6 is 0 Å². The molecule has 0 bridgehead atoms. The quantitative estimate of drug-likeness (QED) is 0.669. The second-order valence-electron chi connectivity index (χ2n) is 5.19. The van der Waals surface area contributed by atoms with Gasteiger partial charge in [-0.15, -0.1) is 0 Å². The largest absolute Gasteiger partial charge is 0.547 e. The Morgan fingerprint density at radius 1 is 1.36 bits per heavy atom. The molecule has 22 heavy (non-hydrogen) atoms. The second-order valence-corrected chi connectivity index (χ2v) is 5.19. The summed E-state index contributed by atoms with van der Waals surface area (Å²) < 4.78 is 5.26. The molecular formula is C14H16BNO6. The summed E-state index contributed by atoms with van der Waals surface area (Å²) in [5.74, 6) is -2.16. The molecular weight excluding hydrogens is 289 g/mol. The lowest BCUT2D eigenvalue weighted by Crippen LogP contribution is -2.53. The van der Waals surface area contributed by atoms with Gasteiger partial charge in [-0.1, -0.05) is 12.1 Å². The van der Waals surface area contributed by atoms with E-state index in [-0.39, 0.29) is 42.3 Å². The van der Waals surface area contributed by atoms with E-state index in [1.165, 1.54) is 13.0 Å². The van der Waals surface area contributed by atoms with Gasteiger partial charge in [-0.2, -0.15) is 0 Å². The number of para-hydroxylation sites is 1. The number of aromatic carboxylic acids is 1. The van der Waals surface area contributed by atoms with Crippen molar-refractivity contribution < 1.29 is 29.2 Å². The smallest absolute Gasteiger partial charge is 0.534 e. The summed E-state index contributed by atoms with van der Waals surface area (Å²) in [5.41, 5.74) is 0.569. The van der Waals surface area contributed by atoms with E-state index in [0.29, 0.717) is 5.56 Å². The Labute approximate surface area is 127 Å². The first-order valence-corrected chi connectivity index (χ1v) is 6.87. The van der Waals surface area contributed by atoms with E-state index in [4.69, 9.17) is 9.76 Å². The van der Waals surface area contributed by atoms with Crippen LogP contribution in [0, 0.1) is 0 Å². The molecule has 0 saturated heterocycles. The average molecular weight is 305 g/mol. The SMILES string of the molecule is CC(=O)CCC(=O)N[C@H]1Cc2cccc(C(=O)O)c2OB1O. The van der Waals surface area contributed by atoms with Crippen molar-refractivity contribution in [3.05, 3.63) is 29.3 Å². The highest BCUT2D eigenvalue weighted by Gasteiger charge is 2.37. The van der Waals surface area contributed by atoms with Gasteiger partial charge < -0.3 is 24.9 Å². The monoisotopic (exact) mass is 305 g/mol. The summed E-state index contributed by atoms with van der Waals surface area (Å²) in [6.45, 7) is 1.40. The highest BCUT2D eigenvalue weighted by molar-refractivity contribution is 6.47. The summed E-state index contributed by atoms with van der Waals surface area (Å²) in [5, 5.41) is 21.6. The van der Waals surface area contributed by atoms with Crippen molar-refractivity contribution in [3.63, 3.8) is 0 Å². The van der Waals surface area contributed by atoms with Crippen LogP contribution in [0.5, 0.6) is 5.75 Å². The predicted octanol–water partition coefficient (Wildman–Crippen LogP) is 0.193. The normalized spacial score (nSPS) is 16.5. The number of amides is 1. The third-order valence-corrected chi connectivity index (χ3v) is 3.40. The van der Waals surface area contributed by atoms with Crippen LogP contribution in [-0.2, 0) is 16.0 Å². The molecule has 1 aliphatic heterocycles. The van der Waals surface area contributed by atoms with Gasteiger partial charge in [0.2, 0.25) is 5.91 Å². The summed E-state index contributed by atoms with van der Waals surface area (Å²) in [4.78, 5) is 33.7. The molecule has 0 unspecified atom stereocenters.